The minimum absolute atomic E-state index is 0.263. The maximum atomic E-state index is 12.1. The summed E-state index contributed by atoms with van der Waals surface area (Å²) < 4.78 is 10.3. The highest BCUT2D eigenvalue weighted by molar-refractivity contribution is 6.03. The third-order valence-electron chi connectivity index (χ3n) is 2.76. The number of pyridine rings is 1. The van der Waals surface area contributed by atoms with Crippen molar-refractivity contribution in [2.24, 2.45) is 0 Å². The minimum atomic E-state index is -0.263. The fourth-order valence-corrected chi connectivity index (χ4v) is 1.78. The molecule has 5 heteroatoms. The minimum Gasteiger partial charge on any atom is -0.493 e. The Labute approximate surface area is 117 Å². The number of methoxy groups -OCH3 is 2. The second-order valence-corrected chi connectivity index (χ2v) is 4.19. The van der Waals surface area contributed by atoms with Gasteiger partial charge in [0.25, 0.3) is 5.91 Å². The summed E-state index contributed by atoms with van der Waals surface area (Å²) in [5.41, 5.74) is 1.79. The van der Waals surface area contributed by atoms with Gasteiger partial charge < -0.3 is 14.8 Å². The molecule has 20 heavy (non-hydrogen) atoms. The third kappa shape index (κ3) is 3.06. The number of carbonyl (C=O) groups is 1. The fraction of sp³-hybridized carbons (Fsp3) is 0.200. The van der Waals surface area contributed by atoms with Gasteiger partial charge in [0, 0.05) is 17.4 Å². The molecule has 0 radical (unpaired) electrons. The fourth-order valence-electron chi connectivity index (χ4n) is 1.78. The SMILES string of the molecule is COc1ccc(NC(=O)c2cccc(C)n2)cc1OC. The molecule has 0 saturated carbocycles. The number of anilines is 1. The van der Waals surface area contributed by atoms with Crippen molar-refractivity contribution < 1.29 is 14.3 Å². The molecule has 1 N–H and O–H groups in total. The quantitative estimate of drug-likeness (QED) is 0.929. The Kier molecular flexibility index (Phi) is 4.20. The Morgan fingerprint density at radius 2 is 1.85 bits per heavy atom. The van der Waals surface area contributed by atoms with Crippen molar-refractivity contribution >= 4 is 11.6 Å². The molecule has 1 heterocycles. The number of ether oxygens (including phenoxy) is 2. The Morgan fingerprint density at radius 1 is 1.10 bits per heavy atom. The van der Waals surface area contributed by atoms with Gasteiger partial charge in [-0.2, -0.15) is 0 Å². The van der Waals surface area contributed by atoms with Crippen LogP contribution in [0.15, 0.2) is 36.4 Å². The van der Waals surface area contributed by atoms with E-state index in [1.807, 2.05) is 13.0 Å². The zero-order chi connectivity index (χ0) is 14.5. The van der Waals surface area contributed by atoms with Crippen LogP contribution in [0.3, 0.4) is 0 Å². The normalized spacial score (nSPS) is 9.95. The molecule has 0 spiro atoms. The van der Waals surface area contributed by atoms with Crippen molar-refractivity contribution in [3.8, 4) is 11.5 Å². The molecule has 5 nitrogen and oxygen atoms in total. The maximum Gasteiger partial charge on any atom is 0.274 e. The topological polar surface area (TPSA) is 60.5 Å². The summed E-state index contributed by atoms with van der Waals surface area (Å²) >= 11 is 0. The Hall–Kier alpha value is -2.56. The van der Waals surface area contributed by atoms with E-state index in [4.69, 9.17) is 9.47 Å². The number of aryl methyl sites for hydroxylation is 1. The number of carbonyl (C=O) groups excluding carboxylic acids is 1. The molecule has 0 unspecified atom stereocenters. The summed E-state index contributed by atoms with van der Waals surface area (Å²) in [6.07, 6.45) is 0. The number of hydrogen-bond acceptors (Lipinski definition) is 4. The Balaban J connectivity index is 2.19. The molecule has 0 fully saturated rings. The third-order valence-corrected chi connectivity index (χ3v) is 2.76. The van der Waals surface area contributed by atoms with Gasteiger partial charge >= 0.3 is 0 Å². The van der Waals surface area contributed by atoms with Gasteiger partial charge in [0.05, 0.1) is 14.2 Å². The van der Waals surface area contributed by atoms with Crippen LogP contribution in [0.25, 0.3) is 0 Å². The number of nitrogens with zero attached hydrogens (tertiary/aromatic N) is 1. The van der Waals surface area contributed by atoms with Crippen LogP contribution in [0, 0.1) is 6.92 Å². The first-order valence-corrected chi connectivity index (χ1v) is 6.11. The summed E-state index contributed by atoms with van der Waals surface area (Å²) in [5, 5.41) is 2.77. The molecular weight excluding hydrogens is 256 g/mol. The lowest BCUT2D eigenvalue weighted by molar-refractivity contribution is 0.102. The Bertz CT molecular complexity index is 626. The summed E-state index contributed by atoms with van der Waals surface area (Å²) in [6, 6.07) is 10.5. The predicted molar refractivity (Wildman–Crippen MR) is 76.5 cm³/mol. The molecule has 0 saturated heterocycles. The average molecular weight is 272 g/mol. The molecular formula is C15H16N2O3. The molecule has 0 bridgehead atoms. The first kappa shape index (κ1) is 13.9. The number of nitrogens with one attached hydrogen (secondary N) is 1. The van der Waals surface area contributed by atoms with E-state index < -0.39 is 0 Å². The van der Waals surface area contributed by atoms with E-state index in [0.717, 1.165) is 5.69 Å². The van der Waals surface area contributed by atoms with Gasteiger partial charge in [0.1, 0.15) is 5.69 Å². The van der Waals surface area contributed by atoms with Gasteiger partial charge in [-0.15, -0.1) is 0 Å². The van der Waals surface area contributed by atoms with Crippen LogP contribution in [0.1, 0.15) is 16.2 Å². The molecule has 1 aromatic carbocycles. The first-order valence-electron chi connectivity index (χ1n) is 6.11. The highest BCUT2D eigenvalue weighted by Gasteiger charge is 2.10. The van der Waals surface area contributed by atoms with E-state index >= 15 is 0 Å². The summed E-state index contributed by atoms with van der Waals surface area (Å²) in [5.74, 6) is 0.905. The van der Waals surface area contributed by atoms with Crippen molar-refractivity contribution in [1.29, 1.82) is 0 Å². The highest BCUT2D eigenvalue weighted by Crippen LogP contribution is 2.29. The van der Waals surface area contributed by atoms with Gasteiger partial charge in [-0.05, 0) is 31.2 Å². The van der Waals surface area contributed by atoms with Crippen LogP contribution < -0.4 is 14.8 Å². The van der Waals surface area contributed by atoms with Crippen molar-refractivity contribution in [3.63, 3.8) is 0 Å². The van der Waals surface area contributed by atoms with E-state index in [2.05, 4.69) is 10.3 Å². The number of benzene rings is 1. The number of rotatable bonds is 4. The van der Waals surface area contributed by atoms with Gasteiger partial charge in [0.15, 0.2) is 11.5 Å². The monoisotopic (exact) mass is 272 g/mol. The molecule has 104 valence electrons. The molecule has 2 rings (SSSR count). The molecule has 2 aromatic rings. The van der Waals surface area contributed by atoms with Crippen LogP contribution in [0.4, 0.5) is 5.69 Å². The van der Waals surface area contributed by atoms with Crippen molar-refractivity contribution in [3.05, 3.63) is 47.8 Å². The van der Waals surface area contributed by atoms with Crippen LogP contribution in [-0.2, 0) is 0 Å². The lowest BCUT2D eigenvalue weighted by Gasteiger charge is -2.10. The van der Waals surface area contributed by atoms with Crippen LogP contribution >= 0.6 is 0 Å². The molecule has 1 amide bonds. The second kappa shape index (κ2) is 6.06. The molecule has 1 aromatic heterocycles. The van der Waals surface area contributed by atoms with Gasteiger partial charge in [-0.3, -0.25) is 4.79 Å². The largest absolute Gasteiger partial charge is 0.493 e. The van der Waals surface area contributed by atoms with E-state index in [-0.39, 0.29) is 5.91 Å². The summed E-state index contributed by atoms with van der Waals surface area (Å²) in [7, 11) is 3.11. The lowest BCUT2D eigenvalue weighted by atomic mass is 10.2. The lowest BCUT2D eigenvalue weighted by Crippen LogP contribution is -2.14. The maximum absolute atomic E-state index is 12.1. The van der Waals surface area contributed by atoms with Crippen LogP contribution in [-0.4, -0.2) is 25.1 Å². The smallest absolute Gasteiger partial charge is 0.274 e. The van der Waals surface area contributed by atoms with E-state index in [9.17, 15) is 4.79 Å². The molecule has 0 aliphatic heterocycles. The van der Waals surface area contributed by atoms with Crippen LogP contribution in [0.5, 0.6) is 11.5 Å². The van der Waals surface area contributed by atoms with E-state index in [1.165, 1.54) is 0 Å². The first-order chi connectivity index (χ1) is 9.63. The average Bonchev–Trinajstić information content (AvgIpc) is 2.47. The van der Waals surface area contributed by atoms with E-state index in [1.54, 1.807) is 44.6 Å². The Morgan fingerprint density at radius 3 is 2.50 bits per heavy atom. The number of amides is 1. The molecule has 0 atom stereocenters. The summed E-state index contributed by atoms with van der Waals surface area (Å²) in [6.45, 7) is 1.84. The number of aromatic nitrogens is 1. The standard InChI is InChI=1S/C15H16N2O3/c1-10-5-4-6-12(16-10)15(18)17-11-7-8-13(19-2)14(9-11)20-3/h4-9H,1-3H3,(H,17,18). The zero-order valence-electron chi connectivity index (χ0n) is 11.6. The zero-order valence-corrected chi connectivity index (χ0v) is 11.6. The number of hydrogen-bond donors (Lipinski definition) is 1. The van der Waals surface area contributed by atoms with Crippen LogP contribution in [0.2, 0.25) is 0 Å². The van der Waals surface area contributed by atoms with Crippen molar-refractivity contribution in [1.82, 2.24) is 4.98 Å². The highest BCUT2D eigenvalue weighted by atomic mass is 16.5. The molecule has 0 aliphatic rings. The van der Waals surface area contributed by atoms with E-state index in [0.29, 0.717) is 22.9 Å². The second-order valence-electron chi connectivity index (χ2n) is 4.19. The predicted octanol–water partition coefficient (Wildman–Crippen LogP) is 2.66. The van der Waals surface area contributed by atoms with Crippen molar-refractivity contribution in [2.45, 2.75) is 6.92 Å². The summed E-state index contributed by atoms with van der Waals surface area (Å²) in [4.78, 5) is 16.3. The van der Waals surface area contributed by atoms with Gasteiger partial charge in [-0.25, -0.2) is 4.98 Å². The van der Waals surface area contributed by atoms with Gasteiger partial charge in [0.2, 0.25) is 0 Å². The molecule has 0 aliphatic carbocycles. The van der Waals surface area contributed by atoms with Gasteiger partial charge in [-0.1, -0.05) is 6.07 Å². The van der Waals surface area contributed by atoms with Crippen molar-refractivity contribution in [2.75, 3.05) is 19.5 Å².